The van der Waals surface area contributed by atoms with E-state index in [2.05, 4.69) is 21.1 Å². The number of hydrogen-bond acceptors (Lipinski definition) is 5. The molecule has 7 nitrogen and oxygen atoms in total. The summed E-state index contributed by atoms with van der Waals surface area (Å²) in [5.74, 6) is -1.06. The van der Waals surface area contributed by atoms with E-state index in [1.54, 1.807) is 17.0 Å². The van der Waals surface area contributed by atoms with Crippen molar-refractivity contribution >= 4 is 23.4 Å². The Morgan fingerprint density at radius 2 is 2.23 bits per heavy atom. The molecular formula is C14H11ClN5O2. The molecule has 111 valence electrons. The van der Waals surface area contributed by atoms with Crippen LogP contribution in [0.5, 0.6) is 0 Å². The lowest BCUT2D eigenvalue weighted by atomic mass is 10.1. The van der Waals surface area contributed by atoms with Gasteiger partial charge in [0, 0.05) is 18.3 Å². The van der Waals surface area contributed by atoms with Gasteiger partial charge in [-0.05, 0) is 18.6 Å². The maximum atomic E-state index is 12.5. The number of rotatable bonds is 2. The molecule has 2 aromatic rings. The van der Waals surface area contributed by atoms with Crippen molar-refractivity contribution in [3.63, 3.8) is 0 Å². The van der Waals surface area contributed by atoms with Gasteiger partial charge in [0.05, 0.1) is 24.0 Å². The predicted octanol–water partition coefficient (Wildman–Crippen LogP) is 0.623. The van der Waals surface area contributed by atoms with Crippen LogP contribution in [-0.2, 0) is 13.0 Å². The first-order valence-corrected chi connectivity index (χ1v) is 6.91. The highest BCUT2D eigenvalue weighted by Gasteiger charge is 2.25. The van der Waals surface area contributed by atoms with Crippen molar-refractivity contribution in [2.45, 2.75) is 13.0 Å². The lowest BCUT2D eigenvalue weighted by Crippen LogP contribution is -2.37. The zero-order valence-corrected chi connectivity index (χ0v) is 12.2. The lowest BCUT2D eigenvalue weighted by Gasteiger charge is -2.28. The van der Waals surface area contributed by atoms with Crippen LogP contribution in [0.25, 0.3) is 0 Å². The first-order valence-electron chi connectivity index (χ1n) is 6.53. The molecule has 3 rings (SSSR count). The highest BCUT2D eigenvalue weighted by atomic mass is 35.5. The molecule has 0 aliphatic carbocycles. The van der Waals surface area contributed by atoms with E-state index in [9.17, 15) is 9.59 Å². The molecule has 2 amide bonds. The molecule has 0 bridgehead atoms. The van der Waals surface area contributed by atoms with Gasteiger partial charge in [-0.1, -0.05) is 11.6 Å². The van der Waals surface area contributed by atoms with E-state index in [0.29, 0.717) is 24.2 Å². The molecule has 3 heterocycles. The van der Waals surface area contributed by atoms with E-state index in [1.165, 1.54) is 6.20 Å². The zero-order valence-electron chi connectivity index (χ0n) is 11.4. The van der Waals surface area contributed by atoms with Gasteiger partial charge in [-0.2, -0.15) is 0 Å². The Bertz CT molecular complexity index is 765. The van der Waals surface area contributed by atoms with Gasteiger partial charge in [0.2, 0.25) is 5.82 Å². The highest BCUT2D eigenvalue weighted by molar-refractivity contribution is 6.32. The van der Waals surface area contributed by atoms with E-state index in [1.807, 2.05) is 0 Å². The molecule has 0 atom stereocenters. The van der Waals surface area contributed by atoms with Crippen molar-refractivity contribution in [3.05, 3.63) is 52.3 Å². The summed E-state index contributed by atoms with van der Waals surface area (Å²) in [4.78, 5) is 37.0. The normalized spacial score (nSPS) is 13.6. The molecule has 2 aromatic heterocycles. The van der Waals surface area contributed by atoms with Crippen LogP contribution in [0.2, 0.25) is 5.15 Å². The molecule has 0 fully saturated rings. The first-order chi connectivity index (χ1) is 10.6. The summed E-state index contributed by atoms with van der Waals surface area (Å²) in [5.41, 5.74) is 6.85. The summed E-state index contributed by atoms with van der Waals surface area (Å²) in [6.45, 7) is 0.742. The van der Waals surface area contributed by atoms with E-state index >= 15 is 0 Å². The molecule has 2 N–H and O–H groups in total. The second kappa shape index (κ2) is 5.69. The minimum Gasteiger partial charge on any atom is -0.363 e. The molecule has 1 aliphatic rings. The van der Waals surface area contributed by atoms with Crippen LogP contribution < -0.4 is 5.73 Å². The molecule has 0 unspecified atom stereocenters. The van der Waals surface area contributed by atoms with Gasteiger partial charge in [0.25, 0.3) is 11.8 Å². The first kappa shape index (κ1) is 14.4. The van der Waals surface area contributed by atoms with Gasteiger partial charge in [-0.25, -0.2) is 15.0 Å². The second-order valence-corrected chi connectivity index (χ2v) is 5.13. The molecule has 0 saturated carbocycles. The molecule has 1 aliphatic heterocycles. The fourth-order valence-corrected chi connectivity index (χ4v) is 2.44. The van der Waals surface area contributed by atoms with Crippen molar-refractivity contribution < 1.29 is 9.59 Å². The molecule has 1 radical (unpaired) electrons. The fourth-order valence-electron chi connectivity index (χ4n) is 2.24. The lowest BCUT2D eigenvalue weighted by molar-refractivity contribution is 0.0731. The summed E-state index contributed by atoms with van der Waals surface area (Å²) >= 11 is 5.95. The van der Waals surface area contributed by atoms with E-state index in [4.69, 9.17) is 17.3 Å². The van der Waals surface area contributed by atoms with E-state index in [-0.39, 0.29) is 23.4 Å². The predicted molar refractivity (Wildman–Crippen MR) is 77.1 cm³/mol. The van der Waals surface area contributed by atoms with E-state index < -0.39 is 5.91 Å². The number of halogens is 1. The summed E-state index contributed by atoms with van der Waals surface area (Å²) in [6, 6.07) is 3.27. The van der Waals surface area contributed by atoms with E-state index in [0.717, 1.165) is 5.56 Å². The average Bonchev–Trinajstić information content (AvgIpc) is 2.53. The summed E-state index contributed by atoms with van der Waals surface area (Å²) in [5, 5.41) is 0.158. The highest BCUT2D eigenvalue weighted by Crippen LogP contribution is 2.20. The summed E-state index contributed by atoms with van der Waals surface area (Å²) < 4.78 is 0. The summed E-state index contributed by atoms with van der Waals surface area (Å²) in [7, 11) is 0. The standard InChI is InChI=1S/C14H11ClN5O2/c15-11-9(2-1-4-17-11)14(22)20-5-3-8-6-18-13(12(16)21)19-10(8)7-20/h1-2,4H,3,5,7H2,(H2,16,21). The van der Waals surface area contributed by atoms with Gasteiger partial charge in [-0.3, -0.25) is 9.59 Å². The van der Waals surface area contributed by atoms with Crippen LogP contribution in [0.15, 0.2) is 18.3 Å². The van der Waals surface area contributed by atoms with Crippen molar-refractivity contribution in [1.82, 2.24) is 19.9 Å². The van der Waals surface area contributed by atoms with Crippen molar-refractivity contribution in [3.8, 4) is 0 Å². The SMILES string of the molecule is NC(=O)c1n[c]c2c(n1)CN(C(=O)c1cccnc1Cl)CC2. The number of nitrogens with zero attached hydrogens (tertiary/aromatic N) is 4. The Balaban J connectivity index is 1.87. The topological polar surface area (TPSA) is 102 Å². The molecule has 0 spiro atoms. The molecular weight excluding hydrogens is 306 g/mol. The van der Waals surface area contributed by atoms with Crippen LogP contribution in [0, 0.1) is 6.20 Å². The van der Waals surface area contributed by atoms with Crippen molar-refractivity contribution in [2.24, 2.45) is 5.73 Å². The van der Waals surface area contributed by atoms with Gasteiger partial charge < -0.3 is 10.6 Å². The Morgan fingerprint density at radius 1 is 1.41 bits per heavy atom. The number of primary amides is 1. The van der Waals surface area contributed by atoms with Crippen LogP contribution in [0.3, 0.4) is 0 Å². The third kappa shape index (κ3) is 2.62. The number of amides is 2. The van der Waals surface area contributed by atoms with Gasteiger partial charge in [0.15, 0.2) is 0 Å². The minimum atomic E-state index is -0.724. The molecule has 8 heteroatoms. The minimum absolute atomic E-state index is 0.104. The van der Waals surface area contributed by atoms with Gasteiger partial charge >= 0.3 is 0 Å². The van der Waals surface area contributed by atoms with Gasteiger partial charge in [0.1, 0.15) is 5.15 Å². The number of carbonyl (C=O) groups excluding carboxylic acids is 2. The maximum Gasteiger partial charge on any atom is 0.286 e. The van der Waals surface area contributed by atoms with Crippen LogP contribution in [0.4, 0.5) is 0 Å². The number of hydrogen-bond donors (Lipinski definition) is 1. The zero-order chi connectivity index (χ0) is 15.7. The number of fused-ring (bicyclic) bond motifs is 1. The van der Waals surface area contributed by atoms with Crippen LogP contribution in [-0.4, -0.2) is 38.2 Å². The Morgan fingerprint density at radius 3 is 2.95 bits per heavy atom. The van der Waals surface area contributed by atoms with Crippen LogP contribution in [0.1, 0.15) is 32.2 Å². The number of aromatic nitrogens is 3. The summed E-state index contributed by atoms with van der Waals surface area (Å²) in [6.07, 6.45) is 4.83. The third-order valence-electron chi connectivity index (χ3n) is 3.36. The fraction of sp³-hybridized carbons (Fsp3) is 0.214. The Hall–Kier alpha value is -2.54. The Kier molecular flexibility index (Phi) is 3.72. The van der Waals surface area contributed by atoms with Crippen molar-refractivity contribution in [1.29, 1.82) is 0 Å². The average molecular weight is 317 g/mol. The third-order valence-corrected chi connectivity index (χ3v) is 3.66. The van der Waals surface area contributed by atoms with Crippen LogP contribution >= 0.6 is 11.6 Å². The Labute approximate surface area is 131 Å². The largest absolute Gasteiger partial charge is 0.363 e. The number of carbonyl (C=O) groups is 2. The molecule has 22 heavy (non-hydrogen) atoms. The molecule has 0 aromatic carbocycles. The number of pyridine rings is 1. The maximum absolute atomic E-state index is 12.5. The van der Waals surface area contributed by atoms with Gasteiger partial charge in [-0.15, -0.1) is 0 Å². The molecule has 0 saturated heterocycles. The second-order valence-electron chi connectivity index (χ2n) is 4.77. The quantitative estimate of drug-likeness (QED) is 0.818. The number of nitrogens with two attached hydrogens (primary N) is 1. The smallest absolute Gasteiger partial charge is 0.286 e. The monoisotopic (exact) mass is 316 g/mol. The van der Waals surface area contributed by atoms with Crippen molar-refractivity contribution in [2.75, 3.05) is 6.54 Å².